The average molecular weight is 192 g/mol. The topological polar surface area (TPSA) is 69.1 Å². The lowest BCUT2D eigenvalue weighted by Gasteiger charge is -2.02. The van der Waals surface area contributed by atoms with Crippen LogP contribution in [0.3, 0.4) is 0 Å². The van der Waals surface area contributed by atoms with E-state index in [4.69, 9.17) is 11.5 Å². The molecule has 0 heterocycles. The molecule has 1 rings (SSSR count). The summed E-state index contributed by atoms with van der Waals surface area (Å²) < 4.78 is 12.8. The van der Waals surface area contributed by atoms with E-state index in [1.807, 2.05) is 0 Å². The van der Waals surface area contributed by atoms with Gasteiger partial charge >= 0.3 is 0 Å². The van der Waals surface area contributed by atoms with Gasteiger partial charge in [-0.25, -0.2) is 4.39 Å². The Hall–Kier alpha value is -2.02. The van der Waals surface area contributed by atoms with Gasteiger partial charge in [-0.1, -0.05) is 11.8 Å². The van der Waals surface area contributed by atoms with Crippen molar-refractivity contribution in [3.05, 3.63) is 23.5 Å². The Balaban J connectivity index is 3.09. The summed E-state index contributed by atoms with van der Waals surface area (Å²) in [7, 11) is 0. The molecule has 0 fully saturated rings. The van der Waals surface area contributed by atoms with Crippen LogP contribution >= 0.6 is 0 Å². The zero-order valence-corrected chi connectivity index (χ0v) is 7.38. The van der Waals surface area contributed by atoms with Crippen molar-refractivity contribution >= 4 is 17.7 Å². The molecule has 0 atom stereocenters. The number of nitrogens with two attached hydrogens (primary N) is 2. The molecular weight excluding hydrogens is 183 g/mol. The summed E-state index contributed by atoms with van der Waals surface area (Å²) in [6.07, 6.45) is 0.752. The van der Waals surface area contributed by atoms with Crippen molar-refractivity contribution in [1.82, 2.24) is 0 Å². The van der Waals surface area contributed by atoms with Crippen LogP contribution in [0.15, 0.2) is 12.1 Å². The maximum absolute atomic E-state index is 12.8. The molecule has 0 aliphatic carbocycles. The Morgan fingerprint density at radius 3 is 2.79 bits per heavy atom. The smallest absolute Gasteiger partial charge is 0.131 e. The molecule has 0 saturated carbocycles. The predicted molar refractivity (Wildman–Crippen MR) is 52.8 cm³/mol. The minimum absolute atomic E-state index is 0.0931. The van der Waals surface area contributed by atoms with E-state index in [9.17, 15) is 9.18 Å². The predicted octanol–water partition coefficient (Wildman–Crippen LogP) is 0.931. The monoisotopic (exact) mass is 192 g/mol. The van der Waals surface area contributed by atoms with Gasteiger partial charge in [0.05, 0.1) is 23.4 Å². The van der Waals surface area contributed by atoms with Gasteiger partial charge in [0.15, 0.2) is 0 Å². The Labute approximate surface area is 80.9 Å². The summed E-state index contributed by atoms with van der Waals surface area (Å²) in [6, 6.07) is 2.31. The summed E-state index contributed by atoms with van der Waals surface area (Å²) in [5.41, 5.74) is 11.7. The first-order valence-electron chi connectivity index (χ1n) is 3.92. The second-order valence-electron chi connectivity index (χ2n) is 2.63. The molecule has 0 aliphatic heterocycles. The van der Waals surface area contributed by atoms with Gasteiger partial charge in [0.25, 0.3) is 0 Å². The number of aldehydes is 1. The molecule has 4 heteroatoms. The van der Waals surface area contributed by atoms with E-state index in [1.54, 1.807) is 0 Å². The standard InChI is InChI=1S/C10H9FN2O/c11-8-5-7(3-1-2-4-14)10(13)9(12)6-8/h4-6H,2,12-13H2. The fraction of sp³-hybridized carbons (Fsp3) is 0.100. The number of carbonyl (C=O) groups excluding carboxylic acids is 1. The molecule has 0 aromatic heterocycles. The molecule has 1 aromatic carbocycles. The Kier molecular flexibility index (Phi) is 3.08. The number of hydrogen-bond acceptors (Lipinski definition) is 3. The number of nitrogen functional groups attached to an aromatic ring is 2. The second kappa shape index (κ2) is 4.28. The molecule has 0 bridgehead atoms. The van der Waals surface area contributed by atoms with Gasteiger partial charge in [-0.15, -0.1) is 0 Å². The zero-order chi connectivity index (χ0) is 10.6. The molecule has 0 saturated heterocycles. The third-order valence-electron chi connectivity index (χ3n) is 1.59. The summed E-state index contributed by atoms with van der Waals surface area (Å²) >= 11 is 0. The minimum atomic E-state index is -0.493. The summed E-state index contributed by atoms with van der Waals surface area (Å²) in [6.45, 7) is 0. The normalized spacial score (nSPS) is 8.93. The molecule has 3 nitrogen and oxygen atoms in total. The highest BCUT2D eigenvalue weighted by molar-refractivity contribution is 5.71. The van der Waals surface area contributed by atoms with E-state index < -0.39 is 5.82 Å². The summed E-state index contributed by atoms with van der Waals surface area (Å²) in [4.78, 5) is 9.98. The maximum atomic E-state index is 12.8. The van der Waals surface area contributed by atoms with Crippen molar-refractivity contribution in [2.45, 2.75) is 6.42 Å². The van der Waals surface area contributed by atoms with Gasteiger partial charge in [-0.2, -0.15) is 0 Å². The highest BCUT2D eigenvalue weighted by atomic mass is 19.1. The molecule has 1 aromatic rings. The van der Waals surface area contributed by atoms with Gasteiger partial charge in [0.1, 0.15) is 12.1 Å². The van der Waals surface area contributed by atoms with Gasteiger partial charge in [0, 0.05) is 0 Å². The molecular formula is C10H9FN2O. The lowest BCUT2D eigenvalue weighted by atomic mass is 10.1. The fourth-order valence-corrected chi connectivity index (χ4v) is 0.930. The summed E-state index contributed by atoms with van der Waals surface area (Å²) in [5, 5.41) is 0. The number of carbonyl (C=O) groups is 1. The quantitative estimate of drug-likeness (QED) is 0.395. The molecule has 72 valence electrons. The van der Waals surface area contributed by atoms with Crippen LogP contribution in [-0.2, 0) is 4.79 Å². The van der Waals surface area contributed by atoms with Crippen molar-refractivity contribution in [3.63, 3.8) is 0 Å². The Morgan fingerprint density at radius 1 is 1.43 bits per heavy atom. The molecule has 0 amide bonds. The number of anilines is 2. The van der Waals surface area contributed by atoms with Crippen molar-refractivity contribution in [3.8, 4) is 11.8 Å². The SMILES string of the molecule is Nc1cc(F)cc(C#CCC=O)c1N. The van der Waals surface area contributed by atoms with Crippen molar-refractivity contribution in [1.29, 1.82) is 0 Å². The minimum Gasteiger partial charge on any atom is -0.397 e. The average Bonchev–Trinajstić information content (AvgIpc) is 2.13. The van der Waals surface area contributed by atoms with Gasteiger partial charge in [-0.3, -0.25) is 0 Å². The largest absolute Gasteiger partial charge is 0.397 e. The number of halogens is 1. The van der Waals surface area contributed by atoms with E-state index in [-0.39, 0.29) is 17.8 Å². The van der Waals surface area contributed by atoms with Gasteiger partial charge in [-0.05, 0) is 12.1 Å². The van der Waals surface area contributed by atoms with Gasteiger partial charge in [0.2, 0.25) is 0 Å². The fourth-order valence-electron chi connectivity index (χ4n) is 0.930. The van der Waals surface area contributed by atoms with Crippen LogP contribution in [0, 0.1) is 17.7 Å². The van der Waals surface area contributed by atoms with Crippen molar-refractivity contribution < 1.29 is 9.18 Å². The first-order valence-corrected chi connectivity index (χ1v) is 3.92. The highest BCUT2D eigenvalue weighted by Gasteiger charge is 2.02. The van der Waals surface area contributed by atoms with E-state index in [2.05, 4.69) is 11.8 Å². The lowest BCUT2D eigenvalue weighted by Crippen LogP contribution is -1.98. The van der Waals surface area contributed by atoms with Gasteiger partial charge < -0.3 is 16.3 Å². The number of hydrogen-bond donors (Lipinski definition) is 2. The molecule has 0 radical (unpaired) electrons. The summed E-state index contributed by atoms with van der Waals surface area (Å²) in [5.74, 6) is 4.60. The number of rotatable bonds is 1. The van der Waals surface area contributed by atoms with E-state index in [0.29, 0.717) is 11.8 Å². The first kappa shape index (κ1) is 10.1. The second-order valence-corrected chi connectivity index (χ2v) is 2.63. The van der Waals surface area contributed by atoms with Crippen LogP contribution in [0.1, 0.15) is 12.0 Å². The van der Waals surface area contributed by atoms with Crippen LogP contribution < -0.4 is 11.5 Å². The highest BCUT2D eigenvalue weighted by Crippen LogP contribution is 2.20. The van der Waals surface area contributed by atoms with Crippen LogP contribution in [-0.4, -0.2) is 6.29 Å². The lowest BCUT2D eigenvalue weighted by molar-refractivity contribution is -0.107. The van der Waals surface area contributed by atoms with E-state index in [0.717, 1.165) is 6.07 Å². The Morgan fingerprint density at radius 2 is 2.14 bits per heavy atom. The third kappa shape index (κ3) is 2.23. The molecule has 0 unspecified atom stereocenters. The van der Waals surface area contributed by atoms with E-state index in [1.165, 1.54) is 6.07 Å². The molecule has 4 N–H and O–H groups in total. The Bertz CT molecular complexity index is 418. The maximum Gasteiger partial charge on any atom is 0.131 e. The number of benzene rings is 1. The molecule has 0 aliphatic rings. The van der Waals surface area contributed by atoms with Crippen molar-refractivity contribution in [2.75, 3.05) is 11.5 Å². The third-order valence-corrected chi connectivity index (χ3v) is 1.59. The van der Waals surface area contributed by atoms with Crippen molar-refractivity contribution in [2.24, 2.45) is 0 Å². The zero-order valence-electron chi connectivity index (χ0n) is 7.38. The van der Waals surface area contributed by atoms with Crippen LogP contribution in [0.4, 0.5) is 15.8 Å². The van der Waals surface area contributed by atoms with Crippen LogP contribution in [0.5, 0.6) is 0 Å². The van der Waals surface area contributed by atoms with E-state index >= 15 is 0 Å². The molecule has 0 spiro atoms. The first-order chi connectivity index (χ1) is 6.65. The van der Waals surface area contributed by atoms with Crippen LogP contribution in [0.2, 0.25) is 0 Å². The molecule has 14 heavy (non-hydrogen) atoms. The van der Waals surface area contributed by atoms with Crippen LogP contribution in [0.25, 0.3) is 0 Å².